The van der Waals surface area contributed by atoms with E-state index in [4.69, 9.17) is 0 Å². The van der Waals surface area contributed by atoms with E-state index in [1.54, 1.807) is 4.90 Å². The first-order valence-corrected chi connectivity index (χ1v) is 9.39. The second-order valence-electron chi connectivity index (χ2n) is 7.21. The zero-order valence-electron chi connectivity index (χ0n) is 15.3. The number of alkyl halides is 2. The van der Waals surface area contributed by atoms with Crippen LogP contribution in [-0.2, 0) is 12.3 Å². The first-order valence-electron chi connectivity index (χ1n) is 9.39. The van der Waals surface area contributed by atoms with Crippen molar-refractivity contribution < 1.29 is 13.2 Å². The number of likely N-dealkylation sites (tertiary alicyclic amines) is 1. The first kappa shape index (κ1) is 18.7. The molecule has 3 heterocycles. The summed E-state index contributed by atoms with van der Waals surface area (Å²) in [5, 5.41) is 6.55. The smallest absolute Gasteiger partial charge is 0.285 e. The molecule has 0 radical (unpaired) electrons. The highest BCUT2D eigenvalue weighted by atomic mass is 19.3. The third-order valence-electron chi connectivity index (χ3n) is 5.22. The van der Waals surface area contributed by atoms with Crippen LogP contribution in [0.2, 0.25) is 0 Å². The van der Waals surface area contributed by atoms with Crippen LogP contribution in [0.3, 0.4) is 0 Å². The number of rotatable bonds is 5. The average molecular weight is 389 g/mol. The zero-order chi connectivity index (χ0) is 19.6. The normalized spacial score (nSPS) is 17.8. The van der Waals surface area contributed by atoms with Crippen LogP contribution in [0.5, 0.6) is 0 Å². The molecule has 0 amide bonds. The van der Waals surface area contributed by atoms with Crippen LogP contribution >= 0.6 is 0 Å². The second kappa shape index (κ2) is 7.79. The highest BCUT2D eigenvalue weighted by Crippen LogP contribution is 2.31. The maximum absolute atomic E-state index is 14.5. The summed E-state index contributed by atoms with van der Waals surface area (Å²) in [4.78, 5) is 10.3. The predicted molar refractivity (Wildman–Crippen MR) is 102 cm³/mol. The summed E-state index contributed by atoms with van der Waals surface area (Å²) in [7, 11) is 0. The Kier molecular flexibility index (Phi) is 5.21. The first-order chi connectivity index (χ1) is 13.5. The van der Waals surface area contributed by atoms with Crippen molar-refractivity contribution in [1.29, 1.82) is 0 Å². The molecule has 0 bridgehead atoms. The lowest BCUT2D eigenvalue weighted by Crippen LogP contribution is -2.44. The molecule has 1 aromatic heterocycles. The second-order valence-corrected chi connectivity index (χ2v) is 7.21. The molecule has 0 spiro atoms. The topological polar surface area (TPSA) is 53.1 Å². The molecule has 0 unspecified atom stereocenters. The Morgan fingerprint density at radius 1 is 1.14 bits per heavy atom. The molecule has 1 fully saturated rings. The maximum Gasteiger partial charge on any atom is 0.285 e. The van der Waals surface area contributed by atoms with Crippen molar-refractivity contribution in [2.75, 3.05) is 30.3 Å². The standard InChI is InChI=1S/C20H22F3N5/c21-15-5-3-14(4-6-15)20(22,23)12-28-10-7-16(8-11-28)27-19-17-2-1-9-24-18(17)25-13-26-19/h1,3-6,9,13,16H,2,7-8,10-12H2,(H2,24,25,26,27). The fourth-order valence-electron chi connectivity index (χ4n) is 3.66. The quantitative estimate of drug-likeness (QED) is 0.816. The van der Waals surface area contributed by atoms with Gasteiger partial charge in [-0.25, -0.2) is 14.4 Å². The zero-order valence-corrected chi connectivity index (χ0v) is 15.3. The van der Waals surface area contributed by atoms with Crippen molar-refractivity contribution in [1.82, 2.24) is 14.9 Å². The average Bonchev–Trinajstić information content (AvgIpc) is 2.70. The van der Waals surface area contributed by atoms with E-state index in [0.29, 0.717) is 13.1 Å². The van der Waals surface area contributed by atoms with Gasteiger partial charge < -0.3 is 10.6 Å². The van der Waals surface area contributed by atoms with Gasteiger partial charge in [0.2, 0.25) is 0 Å². The molecule has 8 heteroatoms. The number of hydrogen-bond acceptors (Lipinski definition) is 5. The molecular formula is C20H22F3N5. The molecule has 0 saturated carbocycles. The molecule has 5 nitrogen and oxygen atoms in total. The largest absolute Gasteiger partial charge is 0.367 e. The highest BCUT2D eigenvalue weighted by Gasteiger charge is 2.35. The number of nitrogens with zero attached hydrogens (tertiary/aromatic N) is 3. The van der Waals surface area contributed by atoms with Crippen LogP contribution in [0, 0.1) is 5.82 Å². The van der Waals surface area contributed by atoms with Gasteiger partial charge in [0, 0.05) is 30.3 Å². The van der Waals surface area contributed by atoms with Crippen LogP contribution in [-0.4, -0.2) is 40.5 Å². The molecule has 0 aliphatic carbocycles. The molecular weight excluding hydrogens is 367 g/mol. The van der Waals surface area contributed by atoms with Crippen molar-refractivity contribution in [3.05, 3.63) is 59.8 Å². The summed E-state index contributed by atoms with van der Waals surface area (Å²) in [6.45, 7) is 0.780. The van der Waals surface area contributed by atoms with Crippen LogP contribution < -0.4 is 10.6 Å². The van der Waals surface area contributed by atoms with Crippen molar-refractivity contribution in [3.63, 3.8) is 0 Å². The highest BCUT2D eigenvalue weighted by molar-refractivity contribution is 5.61. The van der Waals surface area contributed by atoms with Gasteiger partial charge in [0.25, 0.3) is 5.92 Å². The van der Waals surface area contributed by atoms with Crippen LogP contribution in [0.25, 0.3) is 0 Å². The number of allylic oxidation sites excluding steroid dienone is 1. The fraction of sp³-hybridized carbons (Fsp3) is 0.400. The Morgan fingerprint density at radius 3 is 2.64 bits per heavy atom. The lowest BCUT2D eigenvalue weighted by Gasteiger charge is -2.35. The van der Waals surface area contributed by atoms with E-state index in [2.05, 4.69) is 20.6 Å². The Hall–Kier alpha value is -2.61. The van der Waals surface area contributed by atoms with Gasteiger partial charge in [-0.2, -0.15) is 8.78 Å². The summed E-state index contributed by atoms with van der Waals surface area (Å²) in [6.07, 6.45) is 7.65. The van der Waals surface area contributed by atoms with Gasteiger partial charge in [-0.3, -0.25) is 4.90 Å². The van der Waals surface area contributed by atoms with Gasteiger partial charge in [-0.1, -0.05) is 18.2 Å². The minimum absolute atomic E-state index is 0.151. The third-order valence-corrected chi connectivity index (χ3v) is 5.22. The van der Waals surface area contributed by atoms with Gasteiger partial charge in [0.05, 0.1) is 6.54 Å². The molecule has 0 atom stereocenters. The molecule has 148 valence electrons. The van der Waals surface area contributed by atoms with Crippen LogP contribution in [0.4, 0.5) is 24.8 Å². The summed E-state index contributed by atoms with van der Waals surface area (Å²) in [5.74, 6) is -1.91. The molecule has 2 aromatic rings. The molecule has 2 aliphatic heterocycles. The lowest BCUT2D eigenvalue weighted by molar-refractivity contribution is -0.0421. The van der Waals surface area contributed by atoms with Gasteiger partial charge in [0.1, 0.15) is 23.8 Å². The summed E-state index contributed by atoms with van der Waals surface area (Å²) in [6, 6.07) is 4.65. The van der Waals surface area contributed by atoms with E-state index in [0.717, 1.165) is 60.7 Å². The molecule has 1 saturated heterocycles. The van der Waals surface area contributed by atoms with Gasteiger partial charge in [-0.05, 0) is 37.6 Å². The van der Waals surface area contributed by atoms with E-state index < -0.39 is 11.7 Å². The molecule has 4 rings (SSSR count). The Labute approximate surface area is 161 Å². The Morgan fingerprint density at radius 2 is 1.89 bits per heavy atom. The summed E-state index contributed by atoms with van der Waals surface area (Å²) >= 11 is 0. The number of piperidine rings is 1. The number of hydrogen-bond donors (Lipinski definition) is 2. The van der Waals surface area contributed by atoms with Crippen LogP contribution in [0.15, 0.2) is 42.9 Å². The summed E-state index contributed by atoms with van der Waals surface area (Å²) in [5.41, 5.74) is 0.873. The molecule has 28 heavy (non-hydrogen) atoms. The minimum atomic E-state index is -3.00. The van der Waals surface area contributed by atoms with Crippen LogP contribution in [0.1, 0.15) is 24.0 Å². The van der Waals surface area contributed by atoms with Gasteiger partial charge in [0.15, 0.2) is 0 Å². The monoisotopic (exact) mass is 389 g/mol. The van der Waals surface area contributed by atoms with E-state index in [1.165, 1.54) is 6.33 Å². The van der Waals surface area contributed by atoms with Gasteiger partial charge >= 0.3 is 0 Å². The van der Waals surface area contributed by atoms with E-state index in [1.807, 2.05) is 12.3 Å². The number of anilines is 2. The number of aromatic nitrogens is 2. The van der Waals surface area contributed by atoms with Crippen molar-refractivity contribution in [3.8, 4) is 0 Å². The van der Waals surface area contributed by atoms with E-state index in [-0.39, 0.29) is 18.2 Å². The Bertz CT molecular complexity index is 845. The predicted octanol–water partition coefficient (Wildman–Crippen LogP) is 3.77. The lowest BCUT2D eigenvalue weighted by atomic mass is 10.0. The molecule has 1 aromatic carbocycles. The SMILES string of the molecule is Fc1ccc(C(F)(F)CN2CCC(Nc3ncnc4c3CC=CN4)CC2)cc1. The summed E-state index contributed by atoms with van der Waals surface area (Å²) < 4.78 is 42.0. The minimum Gasteiger partial charge on any atom is -0.367 e. The fourth-order valence-corrected chi connectivity index (χ4v) is 3.66. The van der Waals surface area contributed by atoms with Crippen molar-refractivity contribution >= 4 is 11.6 Å². The number of halogens is 3. The van der Waals surface area contributed by atoms with Gasteiger partial charge in [-0.15, -0.1) is 0 Å². The maximum atomic E-state index is 14.5. The number of nitrogens with one attached hydrogen (secondary N) is 2. The molecule has 2 N–H and O–H groups in total. The number of benzene rings is 1. The van der Waals surface area contributed by atoms with E-state index >= 15 is 0 Å². The van der Waals surface area contributed by atoms with Crippen molar-refractivity contribution in [2.45, 2.75) is 31.2 Å². The van der Waals surface area contributed by atoms with E-state index in [9.17, 15) is 13.2 Å². The molecule has 2 aliphatic rings. The number of fused-ring (bicyclic) bond motifs is 1. The van der Waals surface area contributed by atoms with Crippen molar-refractivity contribution in [2.24, 2.45) is 0 Å². The Balaban J connectivity index is 1.33. The third kappa shape index (κ3) is 4.11.